The van der Waals surface area contributed by atoms with Gasteiger partial charge in [0.1, 0.15) is 0 Å². The van der Waals surface area contributed by atoms with Crippen LogP contribution in [0.5, 0.6) is 0 Å². The summed E-state index contributed by atoms with van der Waals surface area (Å²) in [6.45, 7) is 1.77. The SMILES string of the molecule is C[C@H](NC(=O)[C@H]1[C@H](C(=O)O)[C@H](C(=O)O)[C@@H]1C(=O)O)[C@H](Cc1ccc(Cl)cc1)c1ccc(-c2ccccc2)cc1. The highest BCUT2D eigenvalue weighted by Gasteiger charge is 2.64. The van der Waals surface area contributed by atoms with E-state index in [9.17, 15) is 34.5 Å². The average Bonchev–Trinajstić information content (AvgIpc) is 2.87. The molecule has 9 heteroatoms. The number of carboxylic acids is 3. The highest BCUT2D eigenvalue weighted by molar-refractivity contribution is 6.30. The number of benzene rings is 3. The number of hydrogen-bond donors (Lipinski definition) is 4. The quantitative estimate of drug-likeness (QED) is 0.290. The molecule has 0 saturated heterocycles. The first-order valence-corrected chi connectivity index (χ1v) is 12.8. The van der Waals surface area contributed by atoms with Crippen LogP contribution in [0.15, 0.2) is 78.9 Å². The first kappa shape index (κ1) is 27.9. The Morgan fingerprint density at radius 2 is 1.21 bits per heavy atom. The van der Waals surface area contributed by atoms with Crippen LogP contribution in [0.1, 0.15) is 24.0 Å². The lowest BCUT2D eigenvalue weighted by Gasteiger charge is -2.44. The first-order chi connectivity index (χ1) is 18.6. The Hall–Kier alpha value is -4.17. The molecular weight excluding hydrogens is 522 g/mol. The number of rotatable bonds is 10. The van der Waals surface area contributed by atoms with Gasteiger partial charge >= 0.3 is 17.9 Å². The summed E-state index contributed by atoms with van der Waals surface area (Å²) in [6, 6.07) is 24.5. The second-order valence-corrected chi connectivity index (χ2v) is 10.3. The molecule has 0 spiro atoms. The van der Waals surface area contributed by atoms with Crippen LogP contribution in [0, 0.1) is 23.7 Å². The third-order valence-electron chi connectivity index (χ3n) is 7.49. The molecule has 202 valence electrons. The molecule has 1 saturated carbocycles. The monoisotopic (exact) mass is 549 g/mol. The molecule has 1 amide bonds. The van der Waals surface area contributed by atoms with Crippen molar-refractivity contribution in [1.29, 1.82) is 0 Å². The van der Waals surface area contributed by atoms with Gasteiger partial charge in [-0.2, -0.15) is 0 Å². The Morgan fingerprint density at radius 1 is 0.718 bits per heavy atom. The third-order valence-corrected chi connectivity index (χ3v) is 7.75. The lowest BCUT2D eigenvalue weighted by Crippen LogP contribution is -2.62. The van der Waals surface area contributed by atoms with Crippen molar-refractivity contribution in [3.8, 4) is 11.1 Å². The second-order valence-electron chi connectivity index (χ2n) is 9.84. The molecule has 4 rings (SSSR count). The van der Waals surface area contributed by atoms with Crippen molar-refractivity contribution in [2.45, 2.75) is 25.3 Å². The van der Waals surface area contributed by atoms with Crippen molar-refractivity contribution < 1.29 is 34.5 Å². The summed E-state index contributed by atoms with van der Waals surface area (Å²) in [5.41, 5.74) is 3.94. The summed E-state index contributed by atoms with van der Waals surface area (Å²) in [6.07, 6.45) is 0.510. The first-order valence-electron chi connectivity index (χ1n) is 12.5. The molecule has 0 aromatic heterocycles. The van der Waals surface area contributed by atoms with Crippen LogP contribution < -0.4 is 5.32 Å². The lowest BCUT2D eigenvalue weighted by atomic mass is 9.56. The molecule has 1 aliphatic rings. The van der Waals surface area contributed by atoms with Gasteiger partial charge in [-0.15, -0.1) is 0 Å². The zero-order valence-corrected chi connectivity index (χ0v) is 21.8. The normalized spacial score (nSPS) is 21.7. The van der Waals surface area contributed by atoms with E-state index in [4.69, 9.17) is 11.6 Å². The van der Waals surface area contributed by atoms with Gasteiger partial charge in [-0.1, -0.05) is 78.3 Å². The number of carbonyl (C=O) groups excluding carboxylic acids is 1. The van der Waals surface area contributed by atoms with E-state index in [-0.39, 0.29) is 5.92 Å². The fraction of sp³-hybridized carbons (Fsp3) is 0.267. The summed E-state index contributed by atoms with van der Waals surface area (Å²) in [5, 5.41) is 32.0. The van der Waals surface area contributed by atoms with Crippen LogP contribution in [0.4, 0.5) is 0 Å². The van der Waals surface area contributed by atoms with Crippen LogP contribution in [0.3, 0.4) is 0 Å². The fourth-order valence-electron chi connectivity index (χ4n) is 5.43. The smallest absolute Gasteiger partial charge is 0.308 e. The number of nitrogens with one attached hydrogen (secondary N) is 1. The van der Waals surface area contributed by atoms with Crippen molar-refractivity contribution in [1.82, 2.24) is 5.32 Å². The number of carbonyl (C=O) groups is 4. The molecule has 8 nitrogen and oxygen atoms in total. The molecule has 6 atom stereocenters. The van der Waals surface area contributed by atoms with Crippen molar-refractivity contribution in [2.24, 2.45) is 23.7 Å². The number of hydrogen-bond acceptors (Lipinski definition) is 4. The summed E-state index contributed by atoms with van der Waals surface area (Å²) < 4.78 is 0. The molecule has 0 unspecified atom stereocenters. The Labute approximate surface area is 230 Å². The second kappa shape index (κ2) is 11.7. The molecule has 1 aliphatic carbocycles. The maximum Gasteiger partial charge on any atom is 0.308 e. The molecule has 0 aliphatic heterocycles. The Bertz CT molecular complexity index is 1340. The Morgan fingerprint density at radius 3 is 1.72 bits per heavy atom. The molecule has 0 bridgehead atoms. The minimum Gasteiger partial charge on any atom is -0.481 e. The molecule has 0 heterocycles. The topological polar surface area (TPSA) is 141 Å². The predicted molar refractivity (Wildman–Crippen MR) is 144 cm³/mol. The molecule has 3 aromatic carbocycles. The Balaban J connectivity index is 1.61. The van der Waals surface area contributed by atoms with Gasteiger partial charge < -0.3 is 20.6 Å². The maximum absolute atomic E-state index is 13.3. The van der Waals surface area contributed by atoms with Gasteiger partial charge in [-0.25, -0.2) is 0 Å². The van der Waals surface area contributed by atoms with Gasteiger partial charge in [0.05, 0.1) is 23.7 Å². The molecule has 39 heavy (non-hydrogen) atoms. The molecule has 1 fully saturated rings. The van der Waals surface area contributed by atoms with Crippen LogP contribution in [0.2, 0.25) is 5.02 Å². The van der Waals surface area contributed by atoms with Gasteiger partial charge in [0, 0.05) is 17.0 Å². The minimum atomic E-state index is -1.68. The number of amides is 1. The van der Waals surface area contributed by atoms with Crippen molar-refractivity contribution in [3.05, 3.63) is 95.0 Å². The Kier molecular flexibility index (Phi) is 8.35. The van der Waals surface area contributed by atoms with E-state index in [1.807, 2.05) is 66.7 Å². The zero-order valence-electron chi connectivity index (χ0n) is 21.0. The van der Waals surface area contributed by atoms with E-state index in [0.29, 0.717) is 11.4 Å². The van der Waals surface area contributed by atoms with Crippen molar-refractivity contribution in [3.63, 3.8) is 0 Å². The average molecular weight is 550 g/mol. The van der Waals surface area contributed by atoms with Gasteiger partial charge in [-0.05, 0) is 47.7 Å². The van der Waals surface area contributed by atoms with Crippen LogP contribution >= 0.6 is 11.6 Å². The fourth-order valence-corrected chi connectivity index (χ4v) is 5.55. The largest absolute Gasteiger partial charge is 0.481 e. The summed E-state index contributed by atoms with van der Waals surface area (Å²) in [5.74, 6) is -12.1. The summed E-state index contributed by atoms with van der Waals surface area (Å²) in [7, 11) is 0. The number of aliphatic carboxylic acids is 3. The zero-order chi connectivity index (χ0) is 28.3. The van der Waals surface area contributed by atoms with Gasteiger partial charge in [0.2, 0.25) is 5.91 Å². The van der Waals surface area contributed by atoms with E-state index in [1.54, 1.807) is 19.1 Å². The summed E-state index contributed by atoms with van der Waals surface area (Å²) in [4.78, 5) is 48.4. The third kappa shape index (κ3) is 5.96. The van der Waals surface area contributed by atoms with Gasteiger partial charge in [0.15, 0.2) is 0 Å². The molecule has 3 aromatic rings. The highest BCUT2D eigenvalue weighted by Crippen LogP contribution is 2.47. The lowest BCUT2D eigenvalue weighted by molar-refractivity contribution is -0.187. The predicted octanol–water partition coefficient (Wildman–Crippen LogP) is 4.57. The van der Waals surface area contributed by atoms with Crippen LogP contribution in [0.25, 0.3) is 11.1 Å². The van der Waals surface area contributed by atoms with E-state index in [2.05, 4.69) is 5.32 Å². The standard InChI is InChI=1S/C30H28ClNO7/c1-16(32-27(33)23-24(28(34)35)26(30(38)39)25(23)29(36)37)22(15-17-7-13-21(31)14-8-17)20-11-9-19(10-12-20)18-5-3-2-4-6-18/h2-14,16,22-26H,15H2,1H3,(H,32,33)(H,34,35)(H,36,37)(H,38,39)/t16-,22-,23-,24-,25+,26-/m0/s1. The molecule has 4 N–H and O–H groups in total. The van der Waals surface area contributed by atoms with Crippen molar-refractivity contribution in [2.75, 3.05) is 0 Å². The minimum absolute atomic E-state index is 0.262. The maximum atomic E-state index is 13.3. The molecule has 0 radical (unpaired) electrons. The van der Waals surface area contributed by atoms with E-state index in [0.717, 1.165) is 22.3 Å². The number of halogens is 1. The molecular formula is C30H28ClNO7. The van der Waals surface area contributed by atoms with Gasteiger partial charge in [-0.3, -0.25) is 19.2 Å². The van der Waals surface area contributed by atoms with Crippen LogP contribution in [-0.4, -0.2) is 45.2 Å². The van der Waals surface area contributed by atoms with Crippen LogP contribution in [-0.2, 0) is 25.6 Å². The van der Waals surface area contributed by atoms with Gasteiger partial charge in [0.25, 0.3) is 0 Å². The number of carboxylic acid groups (broad SMARTS) is 3. The van der Waals surface area contributed by atoms with E-state index < -0.39 is 53.5 Å². The van der Waals surface area contributed by atoms with E-state index >= 15 is 0 Å². The summed E-state index contributed by atoms with van der Waals surface area (Å²) >= 11 is 6.05. The van der Waals surface area contributed by atoms with Crippen molar-refractivity contribution >= 4 is 35.4 Å². The highest BCUT2D eigenvalue weighted by atomic mass is 35.5. The van der Waals surface area contributed by atoms with E-state index in [1.165, 1.54) is 0 Å².